The maximum absolute atomic E-state index is 12.9. The average Bonchev–Trinajstić information content (AvgIpc) is 3.23. The van der Waals surface area contributed by atoms with Gasteiger partial charge in [-0.1, -0.05) is 0 Å². The number of rotatable bonds is 1. The first kappa shape index (κ1) is 18.1. The Balaban J connectivity index is 1.57. The van der Waals surface area contributed by atoms with Crippen molar-refractivity contribution in [3.05, 3.63) is 35.0 Å². The van der Waals surface area contributed by atoms with Gasteiger partial charge in [-0.2, -0.15) is 9.78 Å². The van der Waals surface area contributed by atoms with E-state index >= 15 is 0 Å². The molecule has 28 heavy (non-hydrogen) atoms. The highest BCUT2D eigenvalue weighted by Gasteiger charge is 2.30. The number of benzene rings is 1. The van der Waals surface area contributed by atoms with Crippen LogP contribution in [0.15, 0.2) is 18.2 Å². The van der Waals surface area contributed by atoms with Crippen LogP contribution in [0, 0.1) is 0 Å². The van der Waals surface area contributed by atoms with Gasteiger partial charge < -0.3 is 24.8 Å². The van der Waals surface area contributed by atoms with Crippen LogP contribution in [0.4, 0.5) is 10.6 Å². The molecule has 9 heteroatoms. The van der Waals surface area contributed by atoms with Crippen LogP contribution in [-0.4, -0.2) is 45.6 Å². The van der Waals surface area contributed by atoms with E-state index in [-0.39, 0.29) is 19.2 Å². The maximum atomic E-state index is 12.9. The molecular formula is C19H22N4O5. The largest absolute Gasteiger partial charge is 0.454 e. The van der Waals surface area contributed by atoms with Crippen LogP contribution in [0.2, 0.25) is 0 Å². The summed E-state index contributed by atoms with van der Waals surface area (Å²) in [6.45, 7) is 6.28. The fourth-order valence-corrected chi connectivity index (χ4v) is 3.21. The molecule has 0 radical (unpaired) electrons. The molecule has 0 aliphatic carbocycles. The van der Waals surface area contributed by atoms with Crippen molar-refractivity contribution in [2.75, 3.05) is 19.1 Å². The average molecular weight is 386 g/mol. The van der Waals surface area contributed by atoms with Gasteiger partial charge >= 0.3 is 6.09 Å². The Hall–Kier alpha value is -3.23. The summed E-state index contributed by atoms with van der Waals surface area (Å²) in [4.78, 5) is 26.8. The van der Waals surface area contributed by atoms with Gasteiger partial charge in [0, 0.05) is 17.7 Å². The third-order valence-electron chi connectivity index (χ3n) is 4.54. The lowest BCUT2D eigenvalue weighted by molar-refractivity contribution is 0.0221. The predicted octanol–water partition coefficient (Wildman–Crippen LogP) is 2.18. The Morgan fingerprint density at radius 1 is 1.21 bits per heavy atom. The summed E-state index contributed by atoms with van der Waals surface area (Å²) in [6.07, 6.45) is 0.0998. The molecule has 0 saturated carbocycles. The maximum Gasteiger partial charge on any atom is 0.410 e. The molecule has 0 fully saturated rings. The van der Waals surface area contributed by atoms with Gasteiger partial charge in [0.15, 0.2) is 11.5 Å². The molecule has 0 saturated heterocycles. The van der Waals surface area contributed by atoms with E-state index in [1.165, 1.54) is 4.68 Å². The van der Waals surface area contributed by atoms with E-state index in [9.17, 15) is 9.59 Å². The first-order chi connectivity index (χ1) is 13.2. The molecule has 1 amide bonds. The van der Waals surface area contributed by atoms with Gasteiger partial charge in [-0.25, -0.2) is 4.79 Å². The zero-order valence-corrected chi connectivity index (χ0v) is 16.0. The Kier molecular flexibility index (Phi) is 4.17. The molecule has 148 valence electrons. The van der Waals surface area contributed by atoms with Crippen molar-refractivity contribution in [2.45, 2.75) is 39.3 Å². The molecule has 1 aromatic heterocycles. The van der Waals surface area contributed by atoms with Crippen molar-refractivity contribution in [3.8, 4) is 11.5 Å². The molecule has 2 aliphatic heterocycles. The minimum Gasteiger partial charge on any atom is -0.454 e. The Morgan fingerprint density at radius 2 is 1.96 bits per heavy atom. The minimum absolute atomic E-state index is 0.131. The zero-order chi connectivity index (χ0) is 20.1. The molecule has 2 aliphatic rings. The third kappa shape index (κ3) is 3.23. The van der Waals surface area contributed by atoms with Crippen LogP contribution >= 0.6 is 0 Å². The second-order valence-corrected chi connectivity index (χ2v) is 7.75. The van der Waals surface area contributed by atoms with Crippen LogP contribution in [0.1, 0.15) is 42.4 Å². The monoisotopic (exact) mass is 386 g/mol. The summed E-state index contributed by atoms with van der Waals surface area (Å²) in [5.41, 5.74) is 7.38. The molecule has 0 bridgehead atoms. The Morgan fingerprint density at radius 3 is 2.71 bits per heavy atom. The van der Waals surface area contributed by atoms with Crippen molar-refractivity contribution in [1.29, 1.82) is 0 Å². The summed E-state index contributed by atoms with van der Waals surface area (Å²) in [6, 6.07) is 4.93. The molecular weight excluding hydrogens is 364 g/mol. The van der Waals surface area contributed by atoms with Gasteiger partial charge in [-0.3, -0.25) is 4.79 Å². The molecule has 2 N–H and O–H groups in total. The van der Waals surface area contributed by atoms with E-state index in [2.05, 4.69) is 5.10 Å². The number of aromatic nitrogens is 2. The van der Waals surface area contributed by atoms with Crippen molar-refractivity contribution in [2.24, 2.45) is 0 Å². The summed E-state index contributed by atoms with van der Waals surface area (Å²) in [5.74, 6) is 1.03. The minimum atomic E-state index is -0.578. The van der Waals surface area contributed by atoms with E-state index < -0.39 is 11.7 Å². The molecule has 0 spiro atoms. The standard InChI is InChI=1S/C19H22N4O5/c1-19(2,3)28-18(25)22-7-6-12-13(9-22)21-23(16(12)20)17(24)11-4-5-14-15(8-11)27-10-26-14/h4-5,8H,6-7,9-10,20H2,1-3H3. The van der Waals surface area contributed by atoms with Crippen LogP contribution in [0.25, 0.3) is 0 Å². The fraction of sp³-hybridized carbons (Fsp3) is 0.421. The molecule has 0 unspecified atom stereocenters. The van der Waals surface area contributed by atoms with Crippen LogP contribution in [-0.2, 0) is 17.7 Å². The van der Waals surface area contributed by atoms with Crippen molar-refractivity contribution >= 4 is 17.8 Å². The van der Waals surface area contributed by atoms with E-state index in [4.69, 9.17) is 19.9 Å². The number of carbonyl (C=O) groups is 2. The van der Waals surface area contributed by atoms with Gasteiger partial charge in [-0.15, -0.1) is 0 Å². The molecule has 0 atom stereocenters. The highest BCUT2D eigenvalue weighted by Crippen LogP contribution is 2.33. The number of amides is 1. The lowest BCUT2D eigenvalue weighted by Gasteiger charge is -2.29. The van der Waals surface area contributed by atoms with Crippen LogP contribution in [0.3, 0.4) is 0 Å². The number of fused-ring (bicyclic) bond motifs is 2. The quantitative estimate of drug-likeness (QED) is 0.800. The second-order valence-electron chi connectivity index (χ2n) is 7.75. The number of nitrogens with two attached hydrogens (primary N) is 1. The summed E-state index contributed by atoms with van der Waals surface area (Å²) >= 11 is 0. The summed E-state index contributed by atoms with van der Waals surface area (Å²) in [7, 11) is 0. The normalized spacial score (nSPS) is 15.3. The van der Waals surface area contributed by atoms with Gasteiger partial charge in [0.2, 0.25) is 6.79 Å². The van der Waals surface area contributed by atoms with Crippen molar-refractivity contribution in [3.63, 3.8) is 0 Å². The number of hydrogen-bond donors (Lipinski definition) is 1. The topological polar surface area (TPSA) is 109 Å². The Labute approximate surface area is 161 Å². The second kappa shape index (κ2) is 6.43. The van der Waals surface area contributed by atoms with E-state index in [1.54, 1.807) is 23.1 Å². The SMILES string of the molecule is CC(C)(C)OC(=O)N1CCc2c(nn(C(=O)c3ccc4c(c3)OCO4)c2N)C1. The van der Waals surface area contributed by atoms with Gasteiger partial charge in [0.25, 0.3) is 5.91 Å². The predicted molar refractivity (Wildman–Crippen MR) is 99.3 cm³/mol. The first-order valence-corrected chi connectivity index (χ1v) is 9.01. The number of hydrogen-bond acceptors (Lipinski definition) is 7. The molecule has 3 heterocycles. The van der Waals surface area contributed by atoms with Crippen LogP contribution in [0.5, 0.6) is 11.5 Å². The van der Waals surface area contributed by atoms with Crippen molar-refractivity contribution < 1.29 is 23.8 Å². The lowest BCUT2D eigenvalue weighted by atomic mass is 10.1. The number of ether oxygens (including phenoxy) is 3. The number of nitrogen functional groups attached to an aromatic ring is 1. The first-order valence-electron chi connectivity index (χ1n) is 9.01. The fourth-order valence-electron chi connectivity index (χ4n) is 3.21. The van der Waals surface area contributed by atoms with Crippen molar-refractivity contribution in [1.82, 2.24) is 14.7 Å². The van der Waals surface area contributed by atoms with Gasteiger partial charge in [0.1, 0.15) is 11.4 Å². The summed E-state index contributed by atoms with van der Waals surface area (Å²) in [5, 5.41) is 4.37. The number of nitrogens with zero attached hydrogens (tertiary/aromatic N) is 3. The number of anilines is 1. The summed E-state index contributed by atoms with van der Waals surface area (Å²) < 4.78 is 17.2. The van der Waals surface area contributed by atoms with E-state index in [1.807, 2.05) is 20.8 Å². The number of carbonyl (C=O) groups excluding carboxylic acids is 2. The Bertz CT molecular complexity index is 960. The molecule has 4 rings (SSSR count). The van der Waals surface area contributed by atoms with Gasteiger partial charge in [-0.05, 0) is 45.4 Å². The highest BCUT2D eigenvalue weighted by atomic mass is 16.7. The van der Waals surface area contributed by atoms with E-state index in [0.29, 0.717) is 41.5 Å². The van der Waals surface area contributed by atoms with E-state index in [0.717, 1.165) is 5.56 Å². The zero-order valence-electron chi connectivity index (χ0n) is 16.0. The highest BCUT2D eigenvalue weighted by molar-refractivity contribution is 5.98. The lowest BCUT2D eigenvalue weighted by Crippen LogP contribution is -2.39. The van der Waals surface area contributed by atoms with Gasteiger partial charge in [0.05, 0.1) is 12.2 Å². The molecule has 9 nitrogen and oxygen atoms in total. The molecule has 1 aromatic carbocycles. The smallest absolute Gasteiger partial charge is 0.410 e. The van der Waals surface area contributed by atoms with Crippen LogP contribution < -0.4 is 15.2 Å². The third-order valence-corrected chi connectivity index (χ3v) is 4.54. The molecule has 2 aromatic rings.